The quantitative estimate of drug-likeness (QED) is 0.389. The van der Waals surface area contributed by atoms with Crippen LogP contribution in [0.2, 0.25) is 0 Å². The first kappa shape index (κ1) is 14.3. The minimum absolute atomic E-state index is 0.138. The highest BCUT2D eigenvalue weighted by atomic mass is 17.2. The highest BCUT2D eigenvalue weighted by Crippen LogP contribution is 1.98. The Kier molecular flexibility index (Phi) is 6.04. The first-order chi connectivity index (χ1) is 7.34. The van der Waals surface area contributed by atoms with Gasteiger partial charge in [0.2, 0.25) is 0 Å². The minimum Gasteiger partial charge on any atom is -0.481 e. The van der Waals surface area contributed by atoms with Gasteiger partial charge in [0.15, 0.2) is 6.10 Å². The summed E-state index contributed by atoms with van der Waals surface area (Å²) in [7, 11) is 0. The lowest BCUT2D eigenvalue weighted by Gasteiger charge is -2.08. The summed E-state index contributed by atoms with van der Waals surface area (Å²) in [5.41, 5.74) is 5.24. The lowest BCUT2D eigenvalue weighted by Crippen LogP contribution is -2.34. The molecular formula is C8H13NO7. The molecule has 0 aliphatic rings. The molecular weight excluding hydrogens is 222 g/mol. The number of carbonyl (C=O) groups excluding carboxylic acids is 2. The van der Waals surface area contributed by atoms with Crippen LogP contribution in [0.25, 0.3) is 0 Å². The Morgan fingerprint density at radius 1 is 1.25 bits per heavy atom. The van der Waals surface area contributed by atoms with Gasteiger partial charge < -0.3 is 15.9 Å². The molecule has 0 bridgehead atoms. The summed E-state index contributed by atoms with van der Waals surface area (Å²) in [5, 5.41) is 17.0. The summed E-state index contributed by atoms with van der Waals surface area (Å²) in [6.07, 6.45) is -1.87. The standard InChI is InChI=1S/C8H13NO7/c1-4(10)7(13)15-16-8(14)5(9)2-3-6(11)12/h4-5,10H,2-3,9H2,1H3,(H,11,12). The Morgan fingerprint density at radius 2 is 1.75 bits per heavy atom. The molecule has 0 aromatic carbocycles. The Bertz CT molecular complexity index is 276. The van der Waals surface area contributed by atoms with Crippen LogP contribution in [0.5, 0.6) is 0 Å². The smallest absolute Gasteiger partial charge is 0.383 e. The molecule has 0 aliphatic heterocycles. The molecule has 0 amide bonds. The van der Waals surface area contributed by atoms with Gasteiger partial charge in [-0.2, -0.15) is 0 Å². The van der Waals surface area contributed by atoms with Gasteiger partial charge in [0, 0.05) is 6.42 Å². The van der Waals surface area contributed by atoms with E-state index in [9.17, 15) is 14.4 Å². The molecule has 0 aromatic heterocycles. The van der Waals surface area contributed by atoms with E-state index in [2.05, 4.69) is 9.78 Å². The second-order valence-electron chi connectivity index (χ2n) is 3.02. The fourth-order valence-electron chi connectivity index (χ4n) is 0.610. The van der Waals surface area contributed by atoms with Crippen LogP contribution in [-0.4, -0.2) is 40.3 Å². The van der Waals surface area contributed by atoms with E-state index in [4.69, 9.17) is 15.9 Å². The summed E-state index contributed by atoms with van der Waals surface area (Å²) < 4.78 is 0. The lowest BCUT2D eigenvalue weighted by molar-refractivity contribution is -0.264. The predicted octanol–water partition coefficient (Wildman–Crippen LogP) is -1.44. The largest absolute Gasteiger partial charge is 0.481 e. The van der Waals surface area contributed by atoms with Crippen molar-refractivity contribution >= 4 is 17.9 Å². The van der Waals surface area contributed by atoms with Crippen molar-refractivity contribution in [3.63, 3.8) is 0 Å². The lowest BCUT2D eigenvalue weighted by atomic mass is 10.2. The van der Waals surface area contributed by atoms with Gasteiger partial charge in [0.25, 0.3) is 0 Å². The molecule has 0 saturated carbocycles. The van der Waals surface area contributed by atoms with Crippen LogP contribution in [0.15, 0.2) is 0 Å². The molecule has 0 radical (unpaired) electrons. The van der Waals surface area contributed by atoms with Gasteiger partial charge in [-0.15, -0.1) is 0 Å². The number of hydrogen-bond donors (Lipinski definition) is 3. The van der Waals surface area contributed by atoms with E-state index in [-0.39, 0.29) is 12.8 Å². The average molecular weight is 235 g/mol. The zero-order chi connectivity index (χ0) is 12.7. The van der Waals surface area contributed by atoms with Crippen LogP contribution in [0.1, 0.15) is 19.8 Å². The van der Waals surface area contributed by atoms with Crippen molar-refractivity contribution in [2.24, 2.45) is 5.73 Å². The summed E-state index contributed by atoms with van der Waals surface area (Å²) >= 11 is 0. The molecule has 0 heterocycles. The first-order valence-electron chi connectivity index (χ1n) is 4.42. The molecule has 0 rings (SSSR count). The van der Waals surface area contributed by atoms with Crippen LogP contribution in [-0.2, 0) is 24.2 Å². The maximum Gasteiger partial charge on any atom is 0.383 e. The van der Waals surface area contributed by atoms with Crippen molar-refractivity contribution < 1.29 is 34.4 Å². The number of aliphatic hydroxyl groups is 1. The molecule has 0 spiro atoms. The number of aliphatic hydroxyl groups excluding tert-OH is 1. The van der Waals surface area contributed by atoms with Crippen LogP contribution in [0.4, 0.5) is 0 Å². The summed E-state index contributed by atoms with van der Waals surface area (Å²) in [6.45, 7) is 1.13. The molecule has 0 aliphatic carbocycles. The molecule has 8 nitrogen and oxygen atoms in total. The Hall–Kier alpha value is -1.67. The molecule has 2 atom stereocenters. The highest BCUT2D eigenvalue weighted by molar-refractivity contribution is 5.78. The number of carbonyl (C=O) groups is 3. The van der Waals surface area contributed by atoms with E-state index in [1.165, 1.54) is 0 Å². The molecule has 0 fully saturated rings. The van der Waals surface area contributed by atoms with Crippen LogP contribution in [0.3, 0.4) is 0 Å². The third-order valence-electron chi connectivity index (χ3n) is 1.52. The van der Waals surface area contributed by atoms with Crippen molar-refractivity contribution in [1.82, 2.24) is 0 Å². The Balaban J connectivity index is 3.88. The maximum absolute atomic E-state index is 11.0. The SMILES string of the molecule is CC(O)C(=O)OOC(=O)C(N)CCC(=O)O. The maximum atomic E-state index is 11.0. The third-order valence-corrected chi connectivity index (χ3v) is 1.52. The fourth-order valence-corrected chi connectivity index (χ4v) is 0.610. The summed E-state index contributed by atoms with van der Waals surface area (Å²) in [5.74, 6) is -3.32. The molecule has 92 valence electrons. The number of carboxylic acids is 1. The molecule has 4 N–H and O–H groups in total. The molecule has 8 heteroatoms. The van der Waals surface area contributed by atoms with Crippen LogP contribution >= 0.6 is 0 Å². The van der Waals surface area contributed by atoms with Crippen molar-refractivity contribution in [3.05, 3.63) is 0 Å². The van der Waals surface area contributed by atoms with Gasteiger partial charge in [-0.05, 0) is 13.3 Å². The summed E-state index contributed by atoms with van der Waals surface area (Å²) in [4.78, 5) is 39.7. The number of hydrogen-bond acceptors (Lipinski definition) is 7. The average Bonchev–Trinajstić information content (AvgIpc) is 2.21. The number of aliphatic carboxylic acids is 1. The van der Waals surface area contributed by atoms with E-state index >= 15 is 0 Å². The minimum atomic E-state index is -1.43. The normalized spacial score (nSPS) is 13.7. The highest BCUT2D eigenvalue weighted by Gasteiger charge is 2.20. The van der Waals surface area contributed by atoms with E-state index in [1.807, 2.05) is 0 Å². The van der Waals surface area contributed by atoms with E-state index in [0.717, 1.165) is 6.92 Å². The fraction of sp³-hybridized carbons (Fsp3) is 0.625. The number of carboxylic acid groups (broad SMARTS) is 1. The van der Waals surface area contributed by atoms with Crippen LogP contribution in [0, 0.1) is 0 Å². The number of rotatable bonds is 5. The summed E-state index contributed by atoms with van der Waals surface area (Å²) in [6, 6.07) is -1.20. The second kappa shape index (κ2) is 6.75. The van der Waals surface area contributed by atoms with E-state index in [0.29, 0.717) is 0 Å². The van der Waals surface area contributed by atoms with Crippen molar-refractivity contribution in [2.75, 3.05) is 0 Å². The van der Waals surface area contributed by atoms with Crippen molar-refractivity contribution in [1.29, 1.82) is 0 Å². The Morgan fingerprint density at radius 3 is 2.19 bits per heavy atom. The topological polar surface area (TPSA) is 136 Å². The van der Waals surface area contributed by atoms with Gasteiger partial charge >= 0.3 is 17.9 Å². The first-order valence-corrected chi connectivity index (χ1v) is 4.42. The van der Waals surface area contributed by atoms with Crippen LogP contribution < -0.4 is 5.73 Å². The van der Waals surface area contributed by atoms with Gasteiger partial charge in [0.1, 0.15) is 6.04 Å². The van der Waals surface area contributed by atoms with Gasteiger partial charge in [0.05, 0.1) is 0 Å². The van der Waals surface area contributed by atoms with E-state index < -0.39 is 30.1 Å². The molecule has 0 saturated heterocycles. The Labute approximate surface area is 90.9 Å². The zero-order valence-corrected chi connectivity index (χ0v) is 8.58. The van der Waals surface area contributed by atoms with Gasteiger partial charge in [-0.3, -0.25) is 4.79 Å². The van der Waals surface area contributed by atoms with Crippen molar-refractivity contribution in [2.45, 2.75) is 31.9 Å². The number of nitrogens with two attached hydrogens (primary N) is 1. The predicted molar refractivity (Wildman–Crippen MR) is 48.7 cm³/mol. The molecule has 16 heavy (non-hydrogen) atoms. The second-order valence-corrected chi connectivity index (χ2v) is 3.02. The third kappa shape index (κ3) is 5.94. The van der Waals surface area contributed by atoms with Gasteiger partial charge in [-0.1, -0.05) is 0 Å². The van der Waals surface area contributed by atoms with Crippen molar-refractivity contribution in [3.8, 4) is 0 Å². The van der Waals surface area contributed by atoms with Gasteiger partial charge in [-0.25, -0.2) is 19.4 Å². The monoisotopic (exact) mass is 235 g/mol. The molecule has 2 unspecified atom stereocenters. The molecule has 0 aromatic rings. The van der Waals surface area contributed by atoms with E-state index in [1.54, 1.807) is 0 Å². The zero-order valence-electron chi connectivity index (χ0n) is 8.58.